The number of hydrogen-bond acceptors (Lipinski definition) is 4. The SMILES string of the molecule is COc1ccc(C(=O)Nc2ccc3nc(C)n(Cc4ccc(F)cc4)c(=O)c3c2)cc1. The number of halogens is 1. The Balaban J connectivity index is 1.65. The van der Waals surface area contributed by atoms with Gasteiger partial charge >= 0.3 is 0 Å². The zero-order valence-corrected chi connectivity index (χ0v) is 17.1. The fourth-order valence-corrected chi connectivity index (χ4v) is 3.31. The molecular weight excluding hydrogens is 397 g/mol. The molecule has 0 aliphatic rings. The number of nitrogens with one attached hydrogen (secondary N) is 1. The van der Waals surface area contributed by atoms with Gasteiger partial charge in [0.1, 0.15) is 17.4 Å². The van der Waals surface area contributed by atoms with Gasteiger partial charge < -0.3 is 10.1 Å². The Labute approximate surface area is 177 Å². The molecule has 156 valence electrons. The van der Waals surface area contributed by atoms with Crippen LogP contribution < -0.4 is 15.6 Å². The maximum atomic E-state index is 13.2. The normalized spacial score (nSPS) is 10.8. The number of carbonyl (C=O) groups is 1. The van der Waals surface area contributed by atoms with Crippen molar-refractivity contribution in [3.05, 3.63) is 99.9 Å². The second kappa shape index (κ2) is 8.39. The van der Waals surface area contributed by atoms with Gasteiger partial charge in [0.05, 0.1) is 24.6 Å². The molecule has 4 aromatic rings. The monoisotopic (exact) mass is 417 g/mol. The Morgan fingerprint density at radius 1 is 1.06 bits per heavy atom. The number of hydrogen-bond donors (Lipinski definition) is 1. The van der Waals surface area contributed by atoms with Gasteiger partial charge in [0.15, 0.2) is 0 Å². The smallest absolute Gasteiger partial charge is 0.261 e. The van der Waals surface area contributed by atoms with Crippen LogP contribution in [0.3, 0.4) is 0 Å². The molecule has 1 N–H and O–H groups in total. The Morgan fingerprint density at radius 3 is 2.45 bits per heavy atom. The van der Waals surface area contributed by atoms with Crippen LogP contribution in [0.4, 0.5) is 10.1 Å². The van der Waals surface area contributed by atoms with Crippen LogP contribution in [-0.2, 0) is 6.54 Å². The second-order valence-electron chi connectivity index (χ2n) is 7.09. The highest BCUT2D eigenvalue weighted by molar-refractivity contribution is 6.05. The molecule has 0 aliphatic carbocycles. The lowest BCUT2D eigenvalue weighted by Crippen LogP contribution is -2.24. The molecule has 0 fully saturated rings. The average Bonchev–Trinajstić information content (AvgIpc) is 2.78. The van der Waals surface area contributed by atoms with Crippen molar-refractivity contribution in [2.75, 3.05) is 12.4 Å². The van der Waals surface area contributed by atoms with Crippen LogP contribution in [0.2, 0.25) is 0 Å². The van der Waals surface area contributed by atoms with Gasteiger partial charge in [-0.25, -0.2) is 9.37 Å². The Hall–Kier alpha value is -4.00. The summed E-state index contributed by atoms with van der Waals surface area (Å²) in [6.07, 6.45) is 0. The number of nitrogens with zero attached hydrogens (tertiary/aromatic N) is 2. The number of rotatable bonds is 5. The summed E-state index contributed by atoms with van der Waals surface area (Å²) in [7, 11) is 1.56. The van der Waals surface area contributed by atoms with Crippen LogP contribution in [0.15, 0.2) is 71.5 Å². The van der Waals surface area contributed by atoms with Crippen molar-refractivity contribution in [2.45, 2.75) is 13.5 Å². The molecular formula is C24H20FN3O3. The van der Waals surface area contributed by atoms with E-state index in [2.05, 4.69) is 10.3 Å². The summed E-state index contributed by atoms with van der Waals surface area (Å²) in [5, 5.41) is 3.20. The maximum Gasteiger partial charge on any atom is 0.261 e. The molecule has 31 heavy (non-hydrogen) atoms. The number of anilines is 1. The zero-order valence-electron chi connectivity index (χ0n) is 17.1. The number of aromatic nitrogens is 2. The molecule has 7 heteroatoms. The summed E-state index contributed by atoms with van der Waals surface area (Å²) in [6, 6.07) is 17.8. The minimum Gasteiger partial charge on any atom is -0.497 e. The number of benzene rings is 3. The largest absolute Gasteiger partial charge is 0.497 e. The summed E-state index contributed by atoms with van der Waals surface area (Å²) in [4.78, 5) is 30.2. The molecule has 0 atom stereocenters. The lowest BCUT2D eigenvalue weighted by Gasteiger charge is -2.12. The number of fused-ring (bicyclic) bond motifs is 1. The van der Waals surface area contributed by atoms with E-state index in [1.807, 2.05) is 0 Å². The number of aryl methyl sites for hydroxylation is 1. The van der Waals surface area contributed by atoms with E-state index in [4.69, 9.17) is 4.74 Å². The van der Waals surface area contributed by atoms with Gasteiger partial charge in [-0.3, -0.25) is 14.2 Å². The molecule has 6 nitrogen and oxygen atoms in total. The predicted octanol–water partition coefficient (Wildman–Crippen LogP) is 4.15. The van der Waals surface area contributed by atoms with Crippen molar-refractivity contribution in [2.24, 2.45) is 0 Å². The van der Waals surface area contributed by atoms with Gasteiger partial charge in [0, 0.05) is 11.3 Å². The number of methoxy groups -OCH3 is 1. The minimum atomic E-state index is -0.332. The lowest BCUT2D eigenvalue weighted by molar-refractivity contribution is 0.102. The maximum absolute atomic E-state index is 13.2. The first-order valence-corrected chi connectivity index (χ1v) is 9.65. The summed E-state index contributed by atoms with van der Waals surface area (Å²) in [5.74, 6) is 0.581. The highest BCUT2D eigenvalue weighted by Crippen LogP contribution is 2.18. The topological polar surface area (TPSA) is 73.2 Å². The van der Waals surface area contributed by atoms with E-state index in [9.17, 15) is 14.0 Å². The number of carbonyl (C=O) groups excluding carboxylic acids is 1. The summed E-state index contributed by atoms with van der Waals surface area (Å²) in [5.41, 5.74) is 2.06. The van der Waals surface area contributed by atoms with Crippen LogP contribution in [0.1, 0.15) is 21.7 Å². The molecule has 0 unspecified atom stereocenters. The molecule has 0 bridgehead atoms. The Kier molecular flexibility index (Phi) is 5.49. The van der Waals surface area contributed by atoms with Crippen molar-refractivity contribution in [3.8, 4) is 5.75 Å². The predicted molar refractivity (Wildman–Crippen MR) is 117 cm³/mol. The van der Waals surface area contributed by atoms with Crippen LogP contribution in [0.25, 0.3) is 10.9 Å². The van der Waals surface area contributed by atoms with E-state index in [-0.39, 0.29) is 23.8 Å². The van der Waals surface area contributed by atoms with Gasteiger partial charge in [-0.15, -0.1) is 0 Å². The molecule has 0 aliphatic heterocycles. The Morgan fingerprint density at radius 2 is 1.77 bits per heavy atom. The van der Waals surface area contributed by atoms with E-state index in [1.54, 1.807) is 68.6 Å². The third kappa shape index (κ3) is 4.30. The van der Waals surface area contributed by atoms with E-state index in [0.29, 0.717) is 33.7 Å². The first-order valence-electron chi connectivity index (χ1n) is 9.65. The van der Waals surface area contributed by atoms with Crippen molar-refractivity contribution in [3.63, 3.8) is 0 Å². The summed E-state index contributed by atoms with van der Waals surface area (Å²) in [6.45, 7) is 2.03. The van der Waals surface area contributed by atoms with Gasteiger partial charge in [0.2, 0.25) is 0 Å². The molecule has 1 amide bonds. The van der Waals surface area contributed by atoms with Crippen molar-refractivity contribution in [1.82, 2.24) is 9.55 Å². The van der Waals surface area contributed by atoms with Gasteiger partial charge in [0.25, 0.3) is 11.5 Å². The first kappa shape index (κ1) is 20.3. The Bertz CT molecular complexity index is 1310. The zero-order chi connectivity index (χ0) is 22.0. The summed E-state index contributed by atoms with van der Waals surface area (Å²) < 4.78 is 19.8. The van der Waals surface area contributed by atoms with E-state index in [1.165, 1.54) is 16.7 Å². The number of ether oxygens (including phenoxy) is 1. The van der Waals surface area contributed by atoms with Gasteiger partial charge in [-0.1, -0.05) is 12.1 Å². The second-order valence-corrected chi connectivity index (χ2v) is 7.09. The molecule has 0 saturated carbocycles. The van der Waals surface area contributed by atoms with Crippen molar-refractivity contribution >= 4 is 22.5 Å². The standard InChI is InChI=1S/C24H20FN3O3/c1-15-26-22-12-9-19(27-23(29)17-5-10-20(31-2)11-6-17)13-21(22)24(30)28(15)14-16-3-7-18(25)8-4-16/h3-13H,14H2,1-2H3,(H,27,29). The third-order valence-corrected chi connectivity index (χ3v) is 5.01. The number of amides is 1. The highest BCUT2D eigenvalue weighted by Gasteiger charge is 2.12. The fraction of sp³-hybridized carbons (Fsp3) is 0.125. The van der Waals surface area contributed by atoms with Crippen LogP contribution in [-0.4, -0.2) is 22.6 Å². The van der Waals surface area contributed by atoms with E-state index in [0.717, 1.165) is 5.56 Å². The van der Waals surface area contributed by atoms with E-state index < -0.39 is 0 Å². The minimum absolute atomic E-state index is 0.229. The average molecular weight is 417 g/mol. The highest BCUT2D eigenvalue weighted by atomic mass is 19.1. The molecule has 1 aromatic heterocycles. The molecule has 4 rings (SSSR count). The molecule has 3 aromatic carbocycles. The molecule has 1 heterocycles. The van der Waals surface area contributed by atoms with Crippen molar-refractivity contribution < 1.29 is 13.9 Å². The molecule has 0 spiro atoms. The molecule has 0 radical (unpaired) electrons. The van der Waals surface area contributed by atoms with Crippen LogP contribution in [0.5, 0.6) is 5.75 Å². The van der Waals surface area contributed by atoms with Crippen molar-refractivity contribution in [1.29, 1.82) is 0 Å². The molecule has 0 saturated heterocycles. The van der Waals surface area contributed by atoms with E-state index >= 15 is 0 Å². The fourth-order valence-electron chi connectivity index (χ4n) is 3.31. The van der Waals surface area contributed by atoms with Gasteiger partial charge in [-0.05, 0) is 67.1 Å². The quantitative estimate of drug-likeness (QED) is 0.529. The lowest BCUT2D eigenvalue weighted by atomic mass is 10.1. The van der Waals surface area contributed by atoms with Gasteiger partial charge in [-0.2, -0.15) is 0 Å². The first-order chi connectivity index (χ1) is 14.9. The van der Waals surface area contributed by atoms with Crippen LogP contribution >= 0.6 is 0 Å². The van der Waals surface area contributed by atoms with Crippen LogP contribution in [0, 0.1) is 12.7 Å². The summed E-state index contributed by atoms with van der Waals surface area (Å²) >= 11 is 0. The third-order valence-electron chi connectivity index (χ3n) is 5.01.